The van der Waals surface area contributed by atoms with Crippen LogP contribution in [0.2, 0.25) is 0 Å². The third-order valence-corrected chi connectivity index (χ3v) is 4.02. The number of ether oxygens (including phenoxy) is 1. The van der Waals surface area contributed by atoms with Gasteiger partial charge in [-0.05, 0) is 19.5 Å². The lowest BCUT2D eigenvalue weighted by Crippen LogP contribution is -2.42. The zero-order valence-corrected chi connectivity index (χ0v) is 11.3. The molecule has 1 saturated heterocycles. The van der Waals surface area contributed by atoms with Gasteiger partial charge in [-0.2, -0.15) is 0 Å². The zero-order chi connectivity index (χ0) is 13.2. The summed E-state index contributed by atoms with van der Waals surface area (Å²) in [6, 6.07) is 10.3. The van der Waals surface area contributed by atoms with Crippen molar-refractivity contribution < 1.29 is 9.53 Å². The number of nitrogens with zero attached hydrogens (tertiary/aromatic N) is 1. The van der Waals surface area contributed by atoms with Crippen LogP contribution in [0.15, 0.2) is 30.3 Å². The number of likely N-dealkylation sites (tertiary alicyclic amines) is 1. The summed E-state index contributed by atoms with van der Waals surface area (Å²) in [6.07, 6.45) is 1.28. The molecule has 1 aliphatic rings. The number of likely N-dealkylation sites (N-methyl/N-ethyl adjacent to an activating group) is 1. The predicted octanol–water partition coefficient (Wildman–Crippen LogP) is 2.56. The molecule has 1 aromatic rings. The Kier molecular flexibility index (Phi) is 3.71. The second-order valence-corrected chi connectivity index (χ2v) is 4.99. The summed E-state index contributed by atoms with van der Waals surface area (Å²) in [5.41, 5.74) is 0.618. The van der Waals surface area contributed by atoms with E-state index in [1.165, 1.54) is 0 Å². The number of rotatable bonds is 3. The van der Waals surface area contributed by atoms with Crippen molar-refractivity contribution in [3.8, 4) is 0 Å². The van der Waals surface area contributed by atoms with Crippen LogP contribution in [-0.2, 0) is 15.1 Å². The molecule has 1 heterocycles. The highest BCUT2D eigenvalue weighted by Gasteiger charge is 2.47. The molecule has 0 spiro atoms. The maximum atomic E-state index is 11.8. The van der Waals surface area contributed by atoms with Gasteiger partial charge in [0.1, 0.15) is 0 Å². The number of carbonyl (C=O) groups excluding carboxylic acids is 1. The van der Waals surface area contributed by atoms with Gasteiger partial charge in [0.15, 0.2) is 5.60 Å². The Bertz CT molecular complexity index is 418. The molecule has 0 aromatic heterocycles. The van der Waals surface area contributed by atoms with E-state index in [1.54, 1.807) is 0 Å². The summed E-state index contributed by atoms with van der Waals surface area (Å²) in [5.74, 6) is -0.124. The Morgan fingerprint density at radius 3 is 2.61 bits per heavy atom. The third kappa shape index (κ3) is 2.15. The minimum absolute atomic E-state index is 0.124. The van der Waals surface area contributed by atoms with E-state index in [-0.39, 0.29) is 12.0 Å². The quantitative estimate of drug-likeness (QED) is 0.769. The van der Waals surface area contributed by atoms with Gasteiger partial charge in [0.05, 0.1) is 6.04 Å². The molecule has 0 amide bonds. The fraction of sp³-hybridized carbons (Fsp3) is 0.533. The maximum Gasteiger partial charge on any atom is 0.306 e. The molecule has 1 aromatic carbocycles. The third-order valence-electron chi connectivity index (χ3n) is 4.02. The van der Waals surface area contributed by atoms with E-state index in [2.05, 4.69) is 31.0 Å². The SMILES string of the molecule is CCC(=O)OC1(c2ccccc2)CCN(C)C1C. The lowest BCUT2D eigenvalue weighted by Gasteiger charge is -2.35. The van der Waals surface area contributed by atoms with Gasteiger partial charge in [0, 0.05) is 19.4 Å². The summed E-state index contributed by atoms with van der Waals surface area (Å²) < 4.78 is 5.84. The first kappa shape index (κ1) is 13.1. The second kappa shape index (κ2) is 5.11. The van der Waals surface area contributed by atoms with Crippen molar-refractivity contribution in [2.45, 2.75) is 38.3 Å². The van der Waals surface area contributed by atoms with Crippen LogP contribution in [0.4, 0.5) is 0 Å². The van der Waals surface area contributed by atoms with Crippen molar-refractivity contribution in [3.63, 3.8) is 0 Å². The van der Waals surface area contributed by atoms with Crippen molar-refractivity contribution in [1.82, 2.24) is 4.90 Å². The van der Waals surface area contributed by atoms with Gasteiger partial charge < -0.3 is 4.74 Å². The number of benzene rings is 1. The van der Waals surface area contributed by atoms with Crippen LogP contribution in [0.25, 0.3) is 0 Å². The normalized spacial score (nSPS) is 28.3. The number of carbonyl (C=O) groups is 1. The minimum Gasteiger partial charge on any atom is -0.452 e. The van der Waals surface area contributed by atoms with E-state index >= 15 is 0 Å². The first-order valence-electron chi connectivity index (χ1n) is 6.57. The molecular formula is C15H21NO2. The van der Waals surface area contributed by atoms with Crippen LogP contribution in [0.3, 0.4) is 0 Å². The molecule has 3 nitrogen and oxygen atoms in total. The number of hydrogen-bond donors (Lipinski definition) is 0. The summed E-state index contributed by atoms with van der Waals surface area (Å²) in [4.78, 5) is 14.0. The summed E-state index contributed by atoms with van der Waals surface area (Å²) >= 11 is 0. The van der Waals surface area contributed by atoms with Crippen LogP contribution in [-0.4, -0.2) is 30.5 Å². The Morgan fingerprint density at radius 1 is 1.44 bits per heavy atom. The van der Waals surface area contributed by atoms with Crippen LogP contribution in [0.5, 0.6) is 0 Å². The maximum absolute atomic E-state index is 11.8. The molecule has 2 unspecified atom stereocenters. The van der Waals surface area contributed by atoms with E-state index in [9.17, 15) is 4.79 Å². The molecule has 2 rings (SSSR count). The fourth-order valence-electron chi connectivity index (χ4n) is 2.68. The largest absolute Gasteiger partial charge is 0.452 e. The molecular weight excluding hydrogens is 226 g/mol. The first-order valence-corrected chi connectivity index (χ1v) is 6.57. The Labute approximate surface area is 109 Å². The van der Waals surface area contributed by atoms with Crippen molar-refractivity contribution >= 4 is 5.97 Å². The molecule has 1 fully saturated rings. The van der Waals surface area contributed by atoms with E-state index in [1.807, 2.05) is 25.1 Å². The predicted molar refractivity (Wildman–Crippen MR) is 71.2 cm³/mol. The Hall–Kier alpha value is -1.35. The van der Waals surface area contributed by atoms with Crippen molar-refractivity contribution in [1.29, 1.82) is 0 Å². The van der Waals surface area contributed by atoms with Crippen molar-refractivity contribution in [2.75, 3.05) is 13.6 Å². The minimum atomic E-state index is -0.483. The van der Waals surface area contributed by atoms with Crippen molar-refractivity contribution in [3.05, 3.63) is 35.9 Å². The van der Waals surface area contributed by atoms with Gasteiger partial charge >= 0.3 is 5.97 Å². The second-order valence-electron chi connectivity index (χ2n) is 4.99. The topological polar surface area (TPSA) is 29.5 Å². The molecule has 0 N–H and O–H groups in total. The van der Waals surface area contributed by atoms with Crippen LogP contribution >= 0.6 is 0 Å². The first-order chi connectivity index (χ1) is 8.60. The summed E-state index contributed by atoms with van der Waals surface area (Å²) in [5, 5.41) is 0. The molecule has 0 bridgehead atoms. The molecule has 18 heavy (non-hydrogen) atoms. The van der Waals surface area contributed by atoms with Gasteiger partial charge in [0.2, 0.25) is 0 Å². The van der Waals surface area contributed by atoms with E-state index in [0.717, 1.165) is 18.5 Å². The molecule has 0 saturated carbocycles. The molecule has 2 atom stereocenters. The van der Waals surface area contributed by atoms with Crippen LogP contribution in [0, 0.1) is 0 Å². The van der Waals surface area contributed by atoms with Gasteiger partial charge in [-0.1, -0.05) is 37.3 Å². The molecule has 98 valence electrons. The monoisotopic (exact) mass is 247 g/mol. The van der Waals surface area contributed by atoms with E-state index in [0.29, 0.717) is 6.42 Å². The van der Waals surface area contributed by atoms with E-state index < -0.39 is 5.60 Å². The van der Waals surface area contributed by atoms with Gasteiger partial charge in [0.25, 0.3) is 0 Å². The molecule has 0 radical (unpaired) electrons. The van der Waals surface area contributed by atoms with Gasteiger partial charge in [-0.25, -0.2) is 0 Å². The Morgan fingerprint density at radius 2 is 2.11 bits per heavy atom. The zero-order valence-electron chi connectivity index (χ0n) is 11.3. The highest BCUT2D eigenvalue weighted by Crippen LogP contribution is 2.40. The highest BCUT2D eigenvalue weighted by molar-refractivity contribution is 5.70. The molecule has 1 aliphatic heterocycles. The number of esters is 1. The molecule has 3 heteroatoms. The average Bonchev–Trinajstić information content (AvgIpc) is 2.69. The standard InChI is InChI=1S/C15H21NO2/c1-4-14(17)18-15(10-11-16(3)12(15)2)13-8-6-5-7-9-13/h5-9,12H,4,10-11H2,1-3H3. The smallest absolute Gasteiger partial charge is 0.306 e. The average molecular weight is 247 g/mol. The lowest BCUT2D eigenvalue weighted by molar-refractivity contribution is -0.163. The summed E-state index contributed by atoms with van der Waals surface area (Å²) in [7, 11) is 2.08. The van der Waals surface area contributed by atoms with Crippen LogP contribution in [0.1, 0.15) is 32.3 Å². The van der Waals surface area contributed by atoms with Gasteiger partial charge in [-0.15, -0.1) is 0 Å². The van der Waals surface area contributed by atoms with Crippen LogP contribution < -0.4 is 0 Å². The lowest BCUT2D eigenvalue weighted by atomic mass is 9.87. The van der Waals surface area contributed by atoms with E-state index in [4.69, 9.17) is 4.74 Å². The Balaban J connectivity index is 2.38. The summed E-state index contributed by atoms with van der Waals surface area (Å²) in [6.45, 7) is 4.92. The number of hydrogen-bond acceptors (Lipinski definition) is 3. The van der Waals surface area contributed by atoms with Crippen molar-refractivity contribution in [2.24, 2.45) is 0 Å². The highest BCUT2D eigenvalue weighted by atomic mass is 16.6. The van der Waals surface area contributed by atoms with Gasteiger partial charge in [-0.3, -0.25) is 9.69 Å². The molecule has 0 aliphatic carbocycles. The fourth-order valence-corrected chi connectivity index (χ4v) is 2.68.